The number of anilines is 12. The van der Waals surface area contributed by atoms with Crippen LogP contribution >= 0.6 is 0 Å². The summed E-state index contributed by atoms with van der Waals surface area (Å²) in [5.74, 6) is 0.695. The Hall–Kier alpha value is -15.2. The van der Waals surface area contributed by atoms with Crippen LogP contribution in [0.15, 0.2) is 432 Å². The second-order valence-electron chi connectivity index (χ2n) is 31.6. The Morgan fingerprint density at radius 1 is 0.220 bits per heavy atom. The molecule has 16 aromatic rings. The van der Waals surface area contributed by atoms with E-state index in [-0.39, 0.29) is 33.8 Å². The zero-order valence-electron chi connectivity index (χ0n) is 71.4. The average molecular weight is 1840 g/mol. The van der Waals surface area contributed by atoms with Crippen LogP contribution in [-0.2, 0) is 25.3 Å². The van der Waals surface area contributed by atoms with E-state index in [0.29, 0.717) is 48.4 Å². The van der Waals surface area contributed by atoms with Crippen LogP contribution in [0.4, 0.5) is 68.2 Å². The summed E-state index contributed by atoms with van der Waals surface area (Å²) in [6.07, 6.45) is 6.90. The minimum absolute atomic E-state index is 0.174. The van der Waals surface area contributed by atoms with E-state index in [9.17, 15) is 20.4 Å². The van der Waals surface area contributed by atoms with Gasteiger partial charge in [-0.2, -0.15) is 0 Å². The Bertz CT molecular complexity index is 5410. The van der Waals surface area contributed by atoms with Crippen molar-refractivity contribution in [3.05, 3.63) is 435 Å². The molecule has 0 aromatic heterocycles. The standard InChI is InChI=1S/2C55H48N4O2.CH4O.2O.W/c2*1-55(2,39-56-37-45-25-23-43(35-53(45)60)41-27-31-51(32-28-41)58(47-15-7-3-8-16-47)48-17-9-4-10-18-48)40-57-38-46-26-24-44(36-54(46)61)42-29-33-52(34-30-42)59(49-19-11-5-12-20-49)50-21-13-6-14-22-50;1-2;;;/h2*3-38,60-61H,39-40H2,1-2H3;2H,1H3;;;. The molecule has 0 heterocycles. The molecule has 0 amide bonds. The number of aromatic hydroxyl groups is 4. The first-order valence-corrected chi connectivity index (χ1v) is 44.1. The maximum absolute atomic E-state index is 11.0. The van der Waals surface area contributed by atoms with E-state index >= 15 is 0 Å². The van der Waals surface area contributed by atoms with Crippen molar-refractivity contribution in [1.82, 2.24) is 0 Å². The molecule has 0 spiro atoms. The van der Waals surface area contributed by atoms with Crippen molar-refractivity contribution in [1.29, 1.82) is 0 Å². The molecule has 16 heteroatoms. The first-order chi connectivity index (χ1) is 62.0. The zero-order chi connectivity index (χ0) is 88.8. The van der Waals surface area contributed by atoms with Crippen LogP contribution in [0.2, 0.25) is 0 Å². The third-order valence-corrected chi connectivity index (χ3v) is 21.1. The first kappa shape index (κ1) is 89.6. The van der Waals surface area contributed by atoms with Gasteiger partial charge in [0.05, 0.1) is 0 Å². The summed E-state index contributed by atoms with van der Waals surface area (Å²) >= 11 is -2.25. The molecule has 0 aliphatic rings. The summed E-state index contributed by atoms with van der Waals surface area (Å²) < 4.78 is 17.1. The molecular weight excluding hydrogens is 1740 g/mol. The molecule has 0 aliphatic heterocycles. The quantitative estimate of drug-likeness (QED) is 0.0293. The molecule has 0 unspecified atom stereocenters. The Kier molecular flexibility index (Phi) is 31.2. The summed E-state index contributed by atoms with van der Waals surface area (Å²) in [5, 5.41) is 50.9. The number of phenols is 4. The number of aliphatic hydroxyl groups is 1. The van der Waals surface area contributed by atoms with Crippen molar-refractivity contribution in [3.8, 4) is 67.5 Å². The van der Waals surface area contributed by atoms with Gasteiger partial charge in [-0.15, -0.1) is 0 Å². The van der Waals surface area contributed by atoms with Crippen molar-refractivity contribution in [2.24, 2.45) is 30.8 Å². The van der Waals surface area contributed by atoms with E-state index in [4.69, 9.17) is 11.9 Å². The molecule has 0 saturated heterocycles. The Morgan fingerprint density at radius 3 is 0.496 bits per heavy atom. The molecule has 15 nitrogen and oxygen atoms in total. The molecule has 5 N–H and O–H groups in total. The van der Waals surface area contributed by atoms with E-state index in [2.05, 4.69) is 261 Å². The second-order valence-corrected chi connectivity index (χ2v) is 32.1. The number of aliphatic hydroxyl groups excluding tert-OH is 1. The third-order valence-electron chi connectivity index (χ3n) is 21.1. The van der Waals surface area contributed by atoms with Crippen LogP contribution < -0.4 is 19.6 Å². The van der Waals surface area contributed by atoms with E-state index < -0.39 is 18.5 Å². The topological polar surface area (TPSA) is 198 Å². The molecule has 127 heavy (non-hydrogen) atoms. The van der Waals surface area contributed by atoms with Gasteiger partial charge in [-0.25, -0.2) is 0 Å². The summed E-state index contributed by atoms with van der Waals surface area (Å²) in [7, 11) is 1.00. The van der Waals surface area contributed by atoms with Crippen molar-refractivity contribution < 1.29 is 50.8 Å². The molecule has 16 rings (SSSR count). The van der Waals surface area contributed by atoms with E-state index in [0.717, 1.165) is 120 Å². The molecule has 0 fully saturated rings. The van der Waals surface area contributed by atoms with Crippen molar-refractivity contribution in [3.63, 3.8) is 0 Å². The van der Waals surface area contributed by atoms with Crippen LogP contribution in [0, 0.1) is 10.8 Å². The Morgan fingerprint density at radius 2 is 0.354 bits per heavy atom. The number of hydrogen-bond donors (Lipinski definition) is 5. The van der Waals surface area contributed by atoms with Gasteiger partial charge in [-0.1, -0.05) is 246 Å². The van der Waals surface area contributed by atoms with Crippen LogP contribution in [-0.4, -0.2) is 83.7 Å². The molecular formula is C111H100N8O7W. The van der Waals surface area contributed by atoms with Gasteiger partial charge in [0.1, 0.15) is 23.0 Å². The van der Waals surface area contributed by atoms with Gasteiger partial charge in [-0.05, 0) is 239 Å². The maximum atomic E-state index is 11.0. The second kappa shape index (κ2) is 44.3. The molecule has 16 aromatic carbocycles. The fraction of sp³-hybridized carbons (Fsp3) is 0.0991. The molecule has 0 atom stereocenters. The fourth-order valence-electron chi connectivity index (χ4n) is 14.6. The van der Waals surface area contributed by atoms with E-state index in [1.54, 1.807) is 49.1 Å². The molecule has 0 aliphatic carbocycles. The van der Waals surface area contributed by atoms with Gasteiger partial charge >= 0.3 is 25.3 Å². The SMILES string of the molecule is CC(C)(CN=Cc1ccc(-c2ccc(N(c3ccccc3)c3ccccc3)cc2)cc1O)CN=Cc1ccc(-c2ccc(N(c3ccccc3)c3ccccc3)cc2)cc1O.CC(C)(CN=Cc1ccc(-c2ccc(N(c3ccccc3)c3ccccc3)cc2)cc1O)CN=Cc1ccc(-c2ccc(N(c3ccccc3)c3ccccc3)cc2)cc1O.CO.[O]=[W]=[O]. The molecule has 0 saturated carbocycles. The third kappa shape index (κ3) is 24.2. The van der Waals surface area contributed by atoms with Crippen LogP contribution in [0.1, 0.15) is 49.9 Å². The van der Waals surface area contributed by atoms with Crippen LogP contribution in [0.3, 0.4) is 0 Å². The van der Waals surface area contributed by atoms with E-state index in [1.165, 1.54) is 0 Å². The number of nitrogens with zero attached hydrogens (tertiary/aromatic N) is 8. The Labute approximate surface area is 752 Å². The number of para-hydroxylation sites is 8. The predicted octanol–water partition coefficient (Wildman–Crippen LogP) is 27.2. The zero-order valence-corrected chi connectivity index (χ0v) is 74.4. The van der Waals surface area contributed by atoms with Gasteiger partial charge in [0.2, 0.25) is 0 Å². The Balaban J connectivity index is 0.000000207. The molecule has 0 radical (unpaired) electrons. The number of aliphatic imine (C=N–C) groups is 4. The number of phenolic OH excluding ortho intramolecular Hbond substituents is 4. The van der Waals surface area contributed by atoms with E-state index in [1.807, 2.05) is 194 Å². The number of benzene rings is 16. The first-order valence-electron chi connectivity index (χ1n) is 41.7. The summed E-state index contributed by atoms with van der Waals surface area (Å²) in [4.78, 5) is 27.7. The average Bonchev–Trinajstić information content (AvgIpc) is 0.813. The van der Waals surface area contributed by atoms with Crippen molar-refractivity contribution in [2.45, 2.75) is 27.7 Å². The van der Waals surface area contributed by atoms with Crippen LogP contribution in [0.25, 0.3) is 44.5 Å². The van der Waals surface area contributed by atoms with Gasteiger partial charge < -0.3 is 45.1 Å². The van der Waals surface area contributed by atoms with Crippen molar-refractivity contribution in [2.75, 3.05) is 52.9 Å². The predicted molar refractivity (Wildman–Crippen MR) is 520 cm³/mol. The summed E-state index contributed by atoms with van der Waals surface area (Å²) in [6, 6.07) is 139. The summed E-state index contributed by atoms with van der Waals surface area (Å²) in [5.41, 5.74) is 22.7. The monoisotopic (exact) mass is 1840 g/mol. The van der Waals surface area contributed by atoms with Crippen molar-refractivity contribution >= 4 is 93.1 Å². The summed E-state index contributed by atoms with van der Waals surface area (Å²) in [6.45, 7) is 10.5. The van der Waals surface area contributed by atoms with Gasteiger partial charge in [-0.3, -0.25) is 20.0 Å². The van der Waals surface area contributed by atoms with Gasteiger partial charge in [0.15, 0.2) is 0 Å². The molecule has 632 valence electrons. The van der Waals surface area contributed by atoms with Gasteiger partial charge in [0.25, 0.3) is 0 Å². The molecule has 0 bridgehead atoms. The minimum atomic E-state index is -2.25. The van der Waals surface area contributed by atoms with Crippen LogP contribution in [0.5, 0.6) is 23.0 Å². The van der Waals surface area contributed by atoms with Gasteiger partial charge in [0, 0.05) is 159 Å². The number of hydrogen-bond acceptors (Lipinski definition) is 15. The number of rotatable bonds is 28. The fourth-order valence-corrected chi connectivity index (χ4v) is 14.6. The normalized spacial score (nSPS) is 11.3.